The number of ether oxygens (including phenoxy) is 11. The van der Waals surface area contributed by atoms with Gasteiger partial charge >= 0.3 is 0 Å². The molecule has 30 atom stereocenters. The van der Waals surface area contributed by atoms with Crippen molar-refractivity contribution in [1.82, 2.24) is 10.6 Å². The van der Waals surface area contributed by atoms with Crippen molar-refractivity contribution < 1.29 is 149 Å². The van der Waals surface area contributed by atoms with Gasteiger partial charge in [0, 0.05) is 13.8 Å². The molecule has 418 valence electrons. The minimum Gasteiger partial charge on any atom is -0.394 e. The Morgan fingerprint density at radius 2 is 0.750 bits per heavy atom. The van der Waals surface area contributed by atoms with E-state index in [9.17, 15) is 96.4 Å². The molecular formula is C40H68N2O30. The maximum absolute atomic E-state index is 12.6. The van der Waals surface area contributed by atoms with Crippen LogP contribution >= 0.6 is 0 Å². The van der Waals surface area contributed by atoms with Crippen molar-refractivity contribution in [2.75, 3.05) is 33.0 Å². The predicted octanol–water partition coefficient (Wildman–Crippen LogP) is -12.8. The predicted molar refractivity (Wildman–Crippen MR) is 221 cm³/mol. The first-order chi connectivity index (χ1) is 33.9. The van der Waals surface area contributed by atoms with Gasteiger partial charge in [0.1, 0.15) is 140 Å². The Labute approximate surface area is 408 Å². The van der Waals surface area contributed by atoms with Gasteiger partial charge in [0.05, 0.1) is 39.1 Å². The lowest BCUT2D eigenvalue weighted by molar-refractivity contribution is -0.368. The molecule has 0 aromatic rings. The van der Waals surface area contributed by atoms with Gasteiger partial charge < -0.3 is 150 Å². The number of amides is 2. The zero-order chi connectivity index (χ0) is 53.2. The Hall–Kier alpha value is -2.18. The van der Waals surface area contributed by atoms with Crippen LogP contribution in [-0.2, 0) is 61.7 Å². The molecule has 0 bridgehead atoms. The van der Waals surface area contributed by atoms with Crippen LogP contribution in [0.3, 0.4) is 0 Å². The fourth-order valence-corrected chi connectivity index (χ4v) is 8.96. The van der Waals surface area contributed by atoms with Crippen LogP contribution in [0.5, 0.6) is 0 Å². The average molecular weight is 1060 g/mol. The molecule has 6 fully saturated rings. The molecule has 0 aliphatic carbocycles. The van der Waals surface area contributed by atoms with E-state index in [0.717, 1.165) is 13.8 Å². The molecule has 6 rings (SSSR count). The van der Waals surface area contributed by atoms with Crippen LogP contribution in [0, 0.1) is 0 Å². The average Bonchev–Trinajstić information content (AvgIpc) is 3.34. The monoisotopic (exact) mass is 1060 g/mol. The Morgan fingerprint density at radius 1 is 0.389 bits per heavy atom. The number of rotatable bonds is 17. The smallest absolute Gasteiger partial charge is 0.217 e. The van der Waals surface area contributed by atoms with E-state index in [1.54, 1.807) is 0 Å². The van der Waals surface area contributed by atoms with Crippen LogP contribution in [0.4, 0.5) is 0 Å². The SMILES string of the molecule is CC(=O)N[C@@H]1[C@@H](O)[C@H](O[C@@H]2O[C@H](CO)[C@@H](O[C@@H]3O[C@H](CO[C@H]4O[C@H](CO[C@H]5O[C@H](CO)[C@@H](O)[C@H](O)[C@@H]5O)[C@@H](O)[C@H](O)[C@@H]4O)[C@@H](O)[C@H](O)[C@@H]3O)[C@H](O)[C@H]2NC(C)=O)[C@@H](CO[C@H]2O[C@@H](C)[C@@H](O)[C@@H](O)[C@@H]2O)O[C@H]1O. The van der Waals surface area contributed by atoms with E-state index in [1.165, 1.54) is 6.92 Å². The van der Waals surface area contributed by atoms with Gasteiger partial charge in [0.2, 0.25) is 11.8 Å². The first-order valence-electron chi connectivity index (χ1n) is 23.0. The van der Waals surface area contributed by atoms with Gasteiger partial charge in [0.15, 0.2) is 37.7 Å². The summed E-state index contributed by atoms with van der Waals surface area (Å²) in [5.74, 6) is -1.56. The van der Waals surface area contributed by atoms with E-state index in [2.05, 4.69) is 10.6 Å². The van der Waals surface area contributed by atoms with E-state index in [-0.39, 0.29) is 0 Å². The third kappa shape index (κ3) is 13.0. The summed E-state index contributed by atoms with van der Waals surface area (Å²) in [6.07, 6.45) is -49.9. The van der Waals surface area contributed by atoms with E-state index in [0.29, 0.717) is 0 Å². The Bertz CT molecular complexity index is 1730. The highest BCUT2D eigenvalue weighted by atomic mass is 16.8. The van der Waals surface area contributed by atoms with Crippen LogP contribution in [0.2, 0.25) is 0 Å². The number of nitrogens with one attached hydrogen (secondary N) is 2. The van der Waals surface area contributed by atoms with Gasteiger partial charge in [-0.25, -0.2) is 0 Å². The van der Waals surface area contributed by atoms with Crippen LogP contribution in [0.15, 0.2) is 0 Å². The number of carbonyl (C=O) groups is 2. The number of hydrogen-bond donors (Lipinski definition) is 19. The normalized spacial score (nSPS) is 50.3. The third-order valence-corrected chi connectivity index (χ3v) is 13.1. The van der Waals surface area contributed by atoms with Gasteiger partial charge in [-0.3, -0.25) is 9.59 Å². The number of carbonyl (C=O) groups excluding carboxylic acids is 2. The van der Waals surface area contributed by atoms with Crippen LogP contribution in [0.25, 0.3) is 0 Å². The summed E-state index contributed by atoms with van der Waals surface area (Å²) in [5, 5.41) is 185. The van der Waals surface area contributed by atoms with Gasteiger partial charge in [-0.05, 0) is 6.92 Å². The topological polar surface area (TPSA) is 504 Å². The summed E-state index contributed by atoms with van der Waals surface area (Å²) < 4.78 is 62.1. The fraction of sp³-hybridized carbons (Fsp3) is 0.950. The van der Waals surface area contributed by atoms with Crippen LogP contribution in [0.1, 0.15) is 20.8 Å². The summed E-state index contributed by atoms with van der Waals surface area (Å²) in [5.41, 5.74) is 0. The van der Waals surface area contributed by atoms with Crippen LogP contribution < -0.4 is 10.6 Å². The lowest BCUT2D eigenvalue weighted by Crippen LogP contribution is -2.70. The fourth-order valence-electron chi connectivity index (χ4n) is 8.96. The molecule has 0 saturated carbocycles. The molecule has 72 heavy (non-hydrogen) atoms. The molecule has 6 aliphatic heterocycles. The molecule has 6 aliphatic rings. The molecule has 6 heterocycles. The van der Waals surface area contributed by atoms with Gasteiger partial charge in [0.25, 0.3) is 0 Å². The van der Waals surface area contributed by atoms with Crippen molar-refractivity contribution in [1.29, 1.82) is 0 Å². The van der Waals surface area contributed by atoms with E-state index in [1.807, 2.05) is 0 Å². The van der Waals surface area contributed by atoms with Gasteiger partial charge in [-0.2, -0.15) is 0 Å². The first kappa shape index (κ1) is 59.1. The minimum atomic E-state index is -2.13. The van der Waals surface area contributed by atoms with Crippen LogP contribution in [-0.4, -0.2) is 316 Å². The van der Waals surface area contributed by atoms with Crippen molar-refractivity contribution in [3.63, 3.8) is 0 Å². The quantitative estimate of drug-likeness (QED) is 0.0643. The van der Waals surface area contributed by atoms with Crippen molar-refractivity contribution in [2.45, 2.75) is 205 Å². The van der Waals surface area contributed by atoms with Crippen molar-refractivity contribution in [3.8, 4) is 0 Å². The van der Waals surface area contributed by atoms with E-state index >= 15 is 0 Å². The zero-order valence-corrected chi connectivity index (χ0v) is 38.8. The molecule has 6 saturated heterocycles. The molecule has 0 radical (unpaired) electrons. The molecule has 0 unspecified atom stereocenters. The largest absolute Gasteiger partial charge is 0.394 e. The summed E-state index contributed by atoms with van der Waals surface area (Å²) in [7, 11) is 0. The van der Waals surface area contributed by atoms with Crippen molar-refractivity contribution >= 4 is 11.8 Å². The lowest BCUT2D eigenvalue weighted by atomic mass is 9.94. The highest BCUT2D eigenvalue weighted by Crippen LogP contribution is 2.34. The number of hydrogen-bond acceptors (Lipinski definition) is 30. The second kappa shape index (κ2) is 25.3. The van der Waals surface area contributed by atoms with Crippen molar-refractivity contribution in [3.05, 3.63) is 0 Å². The molecule has 32 nitrogen and oxygen atoms in total. The standard InChI is InChI=1S/C40H68N2O30/c1-9-19(47)25(53)29(57)37(65-9)64-8-16-34(23(51)17(35(61)66-16)41-10(2)45)71-36-18(42-11(3)46)24(52)33(13(5-44)68-36)72-40-32(60)28(56)22(50)15(70-40)7-63-39-31(59)27(55)21(49)14(69-39)6-62-38-30(58)26(54)20(48)12(4-43)67-38/h9,12-40,43-44,47-61H,4-8H2,1-3H3,(H,41,45)(H,42,46)/t9-,12+,13+,14+,15+,16+,17+,18+,19+,20+,21+,22+,23+,24+,25+,26-,27-,28-,29-,30-,31-,32-,33+,34+,35+,36-,37-,38-,39-,40-/m0/s1. The Morgan fingerprint density at radius 3 is 1.25 bits per heavy atom. The maximum atomic E-state index is 12.6. The maximum Gasteiger partial charge on any atom is 0.217 e. The van der Waals surface area contributed by atoms with Crippen molar-refractivity contribution in [2.24, 2.45) is 0 Å². The molecule has 19 N–H and O–H groups in total. The Kier molecular flexibility index (Phi) is 20.8. The van der Waals surface area contributed by atoms with E-state index in [4.69, 9.17) is 52.1 Å². The number of aliphatic hydroxyl groups is 17. The number of aliphatic hydroxyl groups excluding tert-OH is 17. The van der Waals surface area contributed by atoms with Gasteiger partial charge in [-0.1, -0.05) is 0 Å². The minimum absolute atomic E-state index is 0.705. The van der Waals surface area contributed by atoms with Gasteiger partial charge in [-0.15, -0.1) is 0 Å². The highest BCUT2D eigenvalue weighted by Gasteiger charge is 2.56. The second-order valence-electron chi connectivity index (χ2n) is 18.3. The molecule has 0 spiro atoms. The molecular weight excluding hydrogens is 988 g/mol. The molecule has 2 amide bonds. The molecule has 32 heteroatoms. The third-order valence-electron chi connectivity index (χ3n) is 13.1. The summed E-state index contributed by atoms with van der Waals surface area (Å²) in [6, 6.07) is -3.32. The van der Waals surface area contributed by atoms with E-state index < -0.39 is 229 Å². The zero-order valence-electron chi connectivity index (χ0n) is 38.8. The lowest BCUT2D eigenvalue weighted by Gasteiger charge is -2.49. The molecule has 0 aromatic carbocycles. The molecule has 0 aromatic heterocycles. The first-order valence-corrected chi connectivity index (χ1v) is 23.0. The second-order valence-corrected chi connectivity index (χ2v) is 18.3. The summed E-state index contributed by atoms with van der Waals surface area (Å²) in [6.45, 7) is -0.605. The highest BCUT2D eigenvalue weighted by molar-refractivity contribution is 5.73. The Balaban J connectivity index is 1.14. The summed E-state index contributed by atoms with van der Waals surface area (Å²) in [4.78, 5) is 24.6. The summed E-state index contributed by atoms with van der Waals surface area (Å²) >= 11 is 0.